The molecule has 0 bridgehead atoms. The summed E-state index contributed by atoms with van der Waals surface area (Å²) in [7, 11) is 0. The van der Waals surface area contributed by atoms with Crippen molar-refractivity contribution < 1.29 is 14.6 Å². The molecule has 1 N–H and O–H groups in total. The van der Waals surface area contributed by atoms with E-state index in [4.69, 9.17) is 4.74 Å². The van der Waals surface area contributed by atoms with E-state index >= 15 is 0 Å². The topological polar surface area (TPSA) is 53.0 Å². The zero-order valence-corrected chi connectivity index (χ0v) is 16.2. The third-order valence-corrected chi connectivity index (χ3v) is 4.88. The van der Waals surface area contributed by atoms with Crippen LogP contribution in [-0.2, 0) is 11.3 Å². The van der Waals surface area contributed by atoms with Crippen molar-refractivity contribution in [2.45, 2.75) is 64.8 Å². The first-order valence-electron chi connectivity index (χ1n) is 9.10. The Morgan fingerprint density at radius 2 is 2.00 bits per heavy atom. The maximum Gasteiger partial charge on any atom is 0.410 e. The van der Waals surface area contributed by atoms with Crippen LogP contribution in [0.15, 0.2) is 30.3 Å². The zero-order chi connectivity index (χ0) is 18.7. The van der Waals surface area contributed by atoms with E-state index in [0.717, 1.165) is 13.1 Å². The number of amides is 1. The second kappa shape index (κ2) is 7.75. The molecule has 1 heterocycles. The van der Waals surface area contributed by atoms with E-state index in [1.54, 1.807) is 4.90 Å². The molecular formula is C20H32N2O3. The Kier molecular flexibility index (Phi) is 6.12. The van der Waals surface area contributed by atoms with Crippen LogP contribution >= 0.6 is 0 Å². The summed E-state index contributed by atoms with van der Waals surface area (Å²) in [5.41, 5.74) is 0.0854. The summed E-state index contributed by atoms with van der Waals surface area (Å²) in [5.74, 6) is 0. The van der Waals surface area contributed by atoms with E-state index in [9.17, 15) is 9.90 Å². The van der Waals surface area contributed by atoms with Gasteiger partial charge in [0.05, 0.1) is 11.6 Å². The van der Waals surface area contributed by atoms with Crippen LogP contribution in [0.2, 0.25) is 0 Å². The predicted octanol–water partition coefficient (Wildman–Crippen LogP) is 3.27. The van der Waals surface area contributed by atoms with Crippen LogP contribution in [0.4, 0.5) is 4.79 Å². The molecule has 0 aliphatic carbocycles. The smallest absolute Gasteiger partial charge is 0.410 e. The molecule has 1 fully saturated rings. The van der Waals surface area contributed by atoms with Crippen molar-refractivity contribution in [1.29, 1.82) is 0 Å². The quantitative estimate of drug-likeness (QED) is 0.907. The summed E-state index contributed by atoms with van der Waals surface area (Å²) in [4.78, 5) is 16.5. The summed E-state index contributed by atoms with van der Waals surface area (Å²) in [6, 6.07) is 10.3. The molecule has 140 valence electrons. The number of piperidine rings is 1. The number of likely N-dealkylation sites (tertiary alicyclic amines) is 1. The molecule has 1 aliphatic heterocycles. The second-order valence-electron chi connectivity index (χ2n) is 8.07. The molecule has 5 nitrogen and oxygen atoms in total. The van der Waals surface area contributed by atoms with Crippen molar-refractivity contribution in [1.82, 2.24) is 9.80 Å². The van der Waals surface area contributed by atoms with Crippen LogP contribution < -0.4 is 0 Å². The van der Waals surface area contributed by atoms with Crippen LogP contribution in [0.5, 0.6) is 0 Å². The number of nitrogens with zero attached hydrogens (tertiary/aromatic N) is 2. The number of carbonyl (C=O) groups excluding carboxylic acids is 1. The normalized spacial score (nSPS) is 24.8. The predicted molar refractivity (Wildman–Crippen MR) is 99.4 cm³/mol. The molecule has 2 atom stereocenters. The number of aliphatic hydroxyl groups is 1. The number of hydrogen-bond acceptors (Lipinski definition) is 4. The van der Waals surface area contributed by atoms with Gasteiger partial charge in [-0.05, 0) is 46.6 Å². The van der Waals surface area contributed by atoms with Gasteiger partial charge >= 0.3 is 6.09 Å². The number of likely N-dealkylation sites (N-methyl/N-ethyl adjacent to an activating group) is 1. The SMILES string of the molecule is CCN(C(=O)OC(C)(C)C)C1(C)CCN(Cc2ccccc2)CC1O. The fourth-order valence-electron chi connectivity index (χ4n) is 3.40. The van der Waals surface area contributed by atoms with E-state index in [2.05, 4.69) is 17.0 Å². The van der Waals surface area contributed by atoms with Gasteiger partial charge < -0.3 is 14.7 Å². The number of rotatable bonds is 4. The largest absolute Gasteiger partial charge is 0.444 e. The monoisotopic (exact) mass is 348 g/mol. The van der Waals surface area contributed by atoms with Crippen molar-refractivity contribution in [3.8, 4) is 0 Å². The third-order valence-electron chi connectivity index (χ3n) is 4.88. The maximum atomic E-state index is 12.6. The lowest BCUT2D eigenvalue weighted by Gasteiger charge is -2.49. The highest BCUT2D eigenvalue weighted by atomic mass is 16.6. The van der Waals surface area contributed by atoms with Gasteiger partial charge in [-0.3, -0.25) is 4.90 Å². The van der Waals surface area contributed by atoms with Gasteiger partial charge in [-0.2, -0.15) is 0 Å². The first-order chi connectivity index (χ1) is 11.7. The molecule has 1 saturated heterocycles. The van der Waals surface area contributed by atoms with Crippen molar-refractivity contribution >= 4 is 6.09 Å². The van der Waals surface area contributed by atoms with Gasteiger partial charge in [0.1, 0.15) is 5.60 Å². The molecule has 2 rings (SSSR count). The lowest BCUT2D eigenvalue weighted by atomic mass is 9.85. The van der Waals surface area contributed by atoms with Gasteiger partial charge in [-0.15, -0.1) is 0 Å². The van der Waals surface area contributed by atoms with Crippen molar-refractivity contribution in [3.05, 3.63) is 35.9 Å². The van der Waals surface area contributed by atoms with E-state index in [1.165, 1.54) is 5.56 Å². The number of aliphatic hydroxyl groups excluding tert-OH is 1. The van der Waals surface area contributed by atoms with Gasteiger partial charge in [-0.1, -0.05) is 30.3 Å². The average molecular weight is 348 g/mol. The lowest BCUT2D eigenvalue weighted by Crippen LogP contribution is -2.64. The standard InChI is InChI=1S/C20H32N2O3/c1-6-22(18(24)25-19(2,3)4)20(5)12-13-21(15-17(20)23)14-16-10-8-7-9-11-16/h7-11,17,23H,6,12-15H2,1-5H3. The third kappa shape index (κ3) is 4.95. The summed E-state index contributed by atoms with van der Waals surface area (Å²) in [6.07, 6.45) is -0.251. The van der Waals surface area contributed by atoms with Gasteiger partial charge in [0, 0.05) is 26.2 Å². The van der Waals surface area contributed by atoms with Crippen molar-refractivity contribution in [3.63, 3.8) is 0 Å². The molecule has 1 aromatic rings. The highest BCUT2D eigenvalue weighted by Gasteiger charge is 2.45. The lowest BCUT2D eigenvalue weighted by molar-refractivity contribution is -0.0772. The minimum absolute atomic E-state index is 0.354. The number of ether oxygens (including phenoxy) is 1. The highest BCUT2D eigenvalue weighted by Crippen LogP contribution is 2.31. The minimum Gasteiger partial charge on any atom is -0.444 e. The number of β-amino-alcohol motifs (C(OH)–C–C–N with tert-alkyl or cyclic N) is 1. The van der Waals surface area contributed by atoms with Crippen molar-refractivity contribution in [2.24, 2.45) is 0 Å². The molecular weight excluding hydrogens is 316 g/mol. The summed E-state index contributed by atoms with van der Waals surface area (Å²) in [5, 5.41) is 10.8. The molecule has 1 aromatic carbocycles. The fraction of sp³-hybridized carbons (Fsp3) is 0.650. The fourth-order valence-corrected chi connectivity index (χ4v) is 3.40. The summed E-state index contributed by atoms with van der Waals surface area (Å²) >= 11 is 0. The summed E-state index contributed by atoms with van der Waals surface area (Å²) in [6.45, 7) is 12.2. The van der Waals surface area contributed by atoms with Gasteiger partial charge in [0.25, 0.3) is 0 Å². The molecule has 0 radical (unpaired) electrons. The van der Waals surface area contributed by atoms with E-state index in [1.807, 2.05) is 52.8 Å². The highest BCUT2D eigenvalue weighted by molar-refractivity contribution is 5.69. The molecule has 2 unspecified atom stereocenters. The minimum atomic E-state index is -0.613. The van der Waals surface area contributed by atoms with Gasteiger partial charge in [0.15, 0.2) is 0 Å². The van der Waals surface area contributed by atoms with Crippen LogP contribution in [0, 0.1) is 0 Å². The second-order valence-corrected chi connectivity index (χ2v) is 8.07. The Bertz CT molecular complexity index is 570. The van der Waals surface area contributed by atoms with Crippen LogP contribution in [0.25, 0.3) is 0 Å². The molecule has 5 heteroatoms. The number of benzene rings is 1. The Morgan fingerprint density at radius 3 is 2.52 bits per heavy atom. The Labute approximate surface area is 151 Å². The van der Waals surface area contributed by atoms with E-state index < -0.39 is 17.2 Å². The van der Waals surface area contributed by atoms with E-state index in [0.29, 0.717) is 19.5 Å². The van der Waals surface area contributed by atoms with Crippen LogP contribution in [-0.4, -0.2) is 57.9 Å². The Morgan fingerprint density at radius 1 is 1.36 bits per heavy atom. The Balaban J connectivity index is 2.05. The van der Waals surface area contributed by atoms with E-state index in [-0.39, 0.29) is 6.09 Å². The molecule has 0 aromatic heterocycles. The van der Waals surface area contributed by atoms with Crippen LogP contribution in [0.3, 0.4) is 0 Å². The number of carbonyl (C=O) groups is 1. The van der Waals surface area contributed by atoms with Gasteiger partial charge in [0.2, 0.25) is 0 Å². The Hall–Kier alpha value is -1.59. The molecule has 1 amide bonds. The maximum absolute atomic E-state index is 12.6. The van der Waals surface area contributed by atoms with Gasteiger partial charge in [-0.25, -0.2) is 4.79 Å². The molecule has 25 heavy (non-hydrogen) atoms. The molecule has 1 aliphatic rings. The first-order valence-corrected chi connectivity index (χ1v) is 9.10. The zero-order valence-electron chi connectivity index (χ0n) is 16.2. The number of hydrogen-bond donors (Lipinski definition) is 1. The van der Waals surface area contributed by atoms with Crippen molar-refractivity contribution in [2.75, 3.05) is 19.6 Å². The molecule has 0 spiro atoms. The van der Waals surface area contributed by atoms with Crippen LogP contribution in [0.1, 0.15) is 46.6 Å². The average Bonchev–Trinajstić information content (AvgIpc) is 2.51. The summed E-state index contributed by atoms with van der Waals surface area (Å²) < 4.78 is 5.54. The first kappa shape index (κ1) is 19.7. The molecule has 0 saturated carbocycles.